The maximum atomic E-state index is 8.00. The van der Waals surface area contributed by atoms with Crippen LogP contribution in [0.2, 0.25) is 0 Å². The molecular weight excluding hydrogens is 92.1 g/mol. The first-order chi connectivity index (χ1) is 3.43. The summed E-state index contributed by atoms with van der Waals surface area (Å²) in [6.45, 7) is 0. The smallest absolute Gasteiger partial charge is 0.301 e. The molecule has 0 spiro atoms. The van der Waals surface area contributed by atoms with E-state index in [2.05, 4.69) is 15.7 Å². The van der Waals surface area contributed by atoms with Gasteiger partial charge in [0.05, 0.1) is 6.20 Å². The van der Waals surface area contributed by atoms with E-state index >= 15 is 0 Å². The van der Waals surface area contributed by atoms with Crippen LogP contribution in [0, 0.1) is 17.6 Å². The van der Waals surface area contributed by atoms with Crippen LogP contribution >= 0.6 is 0 Å². The number of nitrogens with zero attached hydrogens (tertiary/aromatic N) is 2. The molecule has 1 heterocycles. The van der Waals surface area contributed by atoms with Crippen molar-refractivity contribution in [3.05, 3.63) is 18.4 Å². The molecule has 7 heavy (non-hydrogen) atoms. The molecule has 0 aliphatic rings. The minimum absolute atomic E-state index is 0.0556. The molecule has 3 nitrogen and oxygen atoms in total. The van der Waals surface area contributed by atoms with E-state index in [1.807, 2.05) is 0 Å². The van der Waals surface area contributed by atoms with Crippen molar-refractivity contribution in [2.24, 2.45) is 0 Å². The van der Waals surface area contributed by atoms with Gasteiger partial charge in [-0.25, -0.2) is 4.98 Å². The van der Waals surface area contributed by atoms with Crippen molar-refractivity contribution >= 4 is 0 Å². The van der Waals surface area contributed by atoms with Crippen LogP contribution in [0.15, 0.2) is 10.6 Å². The summed E-state index contributed by atoms with van der Waals surface area (Å²) in [5.74, 6) is 0.0556. The molecule has 0 aliphatic heterocycles. The number of hydrogen-bond acceptors (Lipinski definition) is 3. The quantitative estimate of drug-likeness (QED) is 0.465. The molecular formula is C4HN2O. The first kappa shape index (κ1) is 3.88. The highest BCUT2D eigenvalue weighted by atomic mass is 16.3. The third-order valence-electron chi connectivity index (χ3n) is 0.486. The second-order valence-electron chi connectivity index (χ2n) is 0.895. The van der Waals surface area contributed by atoms with Crippen LogP contribution in [0.1, 0.15) is 5.89 Å². The van der Waals surface area contributed by atoms with Gasteiger partial charge in [-0.15, -0.1) is 0 Å². The molecule has 0 amide bonds. The van der Waals surface area contributed by atoms with Crippen LogP contribution in [0.5, 0.6) is 0 Å². The highest BCUT2D eigenvalue weighted by molar-refractivity contribution is 5.02. The fourth-order valence-corrected chi connectivity index (χ4v) is 0.245. The highest BCUT2D eigenvalue weighted by Crippen LogP contribution is 1.86. The molecule has 1 aromatic rings. The van der Waals surface area contributed by atoms with Crippen LogP contribution < -0.4 is 0 Å². The van der Waals surface area contributed by atoms with E-state index in [0.717, 1.165) is 0 Å². The SMILES string of the molecule is N#Cc1nc[c]o1. The third-order valence-corrected chi connectivity index (χ3v) is 0.486. The fraction of sp³-hybridized carbons (Fsp3) is 0. The standard InChI is InChI=1S/C4HN2O/c5-3-4-6-1-2-7-4/h1H. The molecule has 0 unspecified atom stereocenters. The van der Waals surface area contributed by atoms with Gasteiger partial charge in [0.15, 0.2) is 12.3 Å². The maximum Gasteiger partial charge on any atom is 0.301 e. The Balaban J connectivity index is 3.04. The zero-order valence-corrected chi connectivity index (χ0v) is 3.38. The second kappa shape index (κ2) is 1.43. The summed E-state index contributed by atoms with van der Waals surface area (Å²) in [5.41, 5.74) is 0. The molecule has 0 saturated carbocycles. The highest BCUT2D eigenvalue weighted by Gasteiger charge is 1.87. The topological polar surface area (TPSA) is 49.8 Å². The van der Waals surface area contributed by atoms with Crippen LogP contribution in [0.25, 0.3) is 0 Å². The maximum absolute atomic E-state index is 8.00. The number of hydrogen-bond donors (Lipinski definition) is 0. The Bertz CT molecular complexity index is 172. The summed E-state index contributed by atoms with van der Waals surface area (Å²) in [6.07, 6.45) is 3.58. The Kier molecular flexibility index (Phi) is 0.794. The van der Waals surface area contributed by atoms with Gasteiger partial charge in [-0.3, -0.25) is 0 Å². The molecule has 1 aromatic heterocycles. The summed E-state index contributed by atoms with van der Waals surface area (Å²) in [5, 5.41) is 8.00. The molecule has 0 aromatic carbocycles. The van der Waals surface area contributed by atoms with E-state index < -0.39 is 0 Å². The summed E-state index contributed by atoms with van der Waals surface area (Å²) in [7, 11) is 0. The normalized spacial score (nSPS) is 7.86. The zero-order chi connectivity index (χ0) is 5.11. The van der Waals surface area contributed by atoms with Crippen molar-refractivity contribution in [3.8, 4) is 6.07 Å². The second-order valence-corrected chi connectivity index (χ2v) is 0.895. The van der Waals surface area contributed by atoms with Crippen molar-refractivity contribution in [2.75, 3.05) is 0 Å². The third kappa shape index (κ3) is 0.578. The Morgan fingerprint density at radius 2 is 2.86 bits per heavy atom. The lowest BCUT2D eigenvalue weighted by atomic mass is 10.8. The van der Waals surface area contributed by atoms with Gasteiger partial charge in [0.1, 0.15) is 0 Å². The van der Waals surface area contributed by atoms with Gasteiger partial charge < -0.3 is 4.42 Å². The number of rotatable bonds is 0. The minimum Gasteiger partial charge on any atom is -0.425 e. The van der Waals surface area contributed by atoms with Gasteiger partial charge in [0.25, 0.3) is 0 Å². The van der Waals surface area contributed by atoms with E-state index in [4.69, 9.17) is 5.26 Å². The van der Waals surface area contributed by atoms with Crippen LogP contribution in [-0.2, 0) is 0 Å². The van der Waals surface area contributed by atoms with Gasteiger partial charge in [0.2, 0.25) is 0 Å². The van der Waals surface area contributed by atoms with E-state index in [1.165, 1.54) is 6.20 Å². The number of nitriles is 1. The lowest BCUT2D eigenvalue weighted by Crippen LogP contribution is -1.64. The molecule has 0 N–H and O–H groups in total. The van der Waals surface area contributed by atoms with Gasteiger partial charge in [0, 0.05) is 0 Å². The van der Waals surface area contributed by atoms with Crippen molar-refractivity contribution in [2.45, 2.75) is 0 Å². The van der Waals surface area contributed by atoms with Crippen LogP contribution in [0.4, 0.5) is 0 Å². The lowest BCUT2D eigenvalue weighted by molar-refractivity contribution is 0.534. The Labute approximate surface area is 40.2 Å². The molecule has 33 valence electrons. The molecule has 0 aliphatic carbocycles. The predicted molar refractivity (Wildman–Crippen MR) is 20.1 cm³/mol. The van der Waals surface area contributed by atoms with Crippen molar-refractivity contribution < 1.29 is 4.42 Å². The lowest BCUT2D eigenvalue weighted by Gasteiger charge is -1.63. The average Bonchev–Trinajstić information content (AvgIpc) is 2.14. The van der Waals surface area contributed by atoms with Crippen molar-refractivity contribution in [1.29, 1.82) is 5.26 Å². The van der Waals surface area contributed by atoms with E-state index in [9.17, 15) is 0 Å². The zero-order valence-electron chi connectivity index (χ0n) is 3.38. The Hall–Kier alpha value is -1.30. The van der Waals surface area contributed by atoms with Gasteiger partial charge in [-0.05, 0) is 0 Å². The first-order valence-corrected chi connectivity index (χ1v) is 1.65. The Morgan fingerprint density at radius 1 is 2.00 bits per heavy atom. The van der Waals surface area contributed by atoms with E-state index in [-0.39, 0.29) is 5.89 Å². The molecule has 0 atom stereocenters. The predicted octanol–water partition coefficient (Wildman–Crippen LogP) is 0.346. The van der Waals surface area contributed by atoms with Gasteiger partial charge in [-0.1, -0.05) is 0 Å². The van der Waals surface area contributed by atoms with Gasteiger partial charge >= 0.3 is 5.89 Å². The molecule has 1 radical (unpaired) electrons. The fourth-order valence-electron chi connectivity index (χ4n) is 0.245. The first-order valence-electron chi connectivity index (χ1n) is 1.65. The van der Waals surface area contributed by atoms with E-state index in [1.54, 1.807) is 6.07 Å². The molecule has 1 rings (SSSR count). The van der Waals surface area contributed by atoms with Crippen LogP contribution in [-0.4, -0.2) is 4.98 Å². The number of aromatic nitrogens is 1. The number of oxazole rings is 1. The van der Waals surface area contributed by atoms with Crippen molar-refractivity contribution in [3.63, 3.8) is 0 Å². The largest absolute Gasteiger partial charge is 0.425 e. The Morgan fingerprint density at radius 3 is 3.14 bits per heavy atom. The minimum atomic E-state index is 0.0556. The summed E-state index contributed by atoms with van der Waals surface area (Å²) in [6, 6.07) is 1.70. The average molecular weight is 93.1 g/mol. The van der Waals surface area contributed by atoms with Gasteiger partial charge in [-0.2, -0.15) is 5.26 Å². The molecule has 0 fully saturated rings. The summed E-state index contributed by atoms with van der Waals surface area (Å²) < 4.78 is 4.39. The molecule has 0 bridgehead atoms. The summed E-state index contributed by atoms with van der Waals surface area (Å²) >= 11 is 0. The van der Waals surface area contributed by atoms with Crippen molar-refractivity contribution in [1.82, 2.24) is 4.98 Å². The monoisotopic (exact) mass is 93.0 g/mol. The van der Waals surface area contributed by atoms with Crippen LogP contribution in [0.3, 0.4) is 0 Å². The summed E-state index contributed by atoms with van der Waals surface area (Å²) in [4.78, 5) is 3.45. The van der Waals surface area contributed by atoms with E-state index in [0.29, 0.717) is 0 Å². The molecule has 3 heteroatoms. The molecule has 0 saturated heterocycles.